The van der Waals surface area contributed by atoms with Gasteiger partial charge < -0.3 is 4.74 Å². The Morgan fingerprint density at radius 1 is 1.53 bits per heavy atom. The molecule has 1 fully saturated rings. The summed E-state index contributed by atoms with van der Waals surface area (Å²) in [7, 11) is 0. The molecule has 0 N–H and O–H groups in total. The van der Waals surface area contributed by atoms with E-state index in [1.165, 1.54) is 5.56 Å². The minimum atomic E-state index is 0.178. The fourth-order valence-electron chi connectivity index (χ4n) is 2.01. The molecule has 1 aliphatic heterocycles. The van der Waals surface area contributed by atoms with E-state index in [-0.39, 0.29) is 5.38 Å². The lowest BCUT2D eigenvalue weighted by Crippen LogP contribution is -2.17. The molecule has 3 unspecified atom stereocenters. The van der Waals surface area contributed by atoms with E-state index in [2.05, 4.69) is 11.9 Å². The van der Waals surface area contributed by atoms with E-state index in [9.17, 15) is 0 Å². The van der Waals surface area contributed by atoms with Gasteiger partial charge in [-0.15, -0.1) is 11.6 Å². The van der Waals surface area contributed by atoms with Gasteiger partial charge in [0.2, 0.25) is 0 Å². The van der Waals surface area contributed by atoms with Gasteiger partial charge >= 0.3 is 0 Å². The number of rotatable bonds is 3. The molecule has 3 heteroatoms. The fourth-order valence-corrected chi connectivity index (χ4v) is 2.37. The first-order chi connectivity index (χ1) is 7.25. The van der Waals surface area contributed by atoms with Gasteiger partial charge in [0.05, 0.1) is 12.7 Å². The van der Waals surface area contributed by atoms with Crippen LogP contribution in [0.25, 0.3) is 0 Å². The monoisotopic (exact) mass is 225 g/mol. The topological polar surface area (TPSA) is 22.1 Å². The summed E-state index contributed by atoms with van der Waals surface area (Å²) in [4.78, 5) is 3.99. The molecule has 0 spiro atoms. The molecule has 15 heavy (non-hydrogen) atoms. The van der Waals surface area contributed by atoms with Crippen LogP contribution in [0.4, 0.5) is 0 Å². The Balaban J connectivity index is 1.90. The first kappa shape index (κ1) is 10.9. The number of nitrogens with zero attached hydrogens (tertiary/aromatic N) is 1. The lowest BCUT2D eigenvalue weighted by atomic mass is 9.97. The number of aromatic nitrogens is 1. The molecular weight excluding hydrogens is 210 g/mol. The third-order valence-electron chi connectivity index (χ3n) is 2.92. The van der Waals surface area contributed by atoms with Gasteiger partial charge in [0, 0.05) is 23.7 Å². The molecule has 2 nitrogen and oxygen atoms in total. The second kappa shape index (κ2) is 4.95. The molecule has 1 aromatic rings. The maximum Gasteiger partial charge on any atom is 0.0551 e. The lowest BCUT2D eigenvalue weighted by molar-refractivity contribution is 0.120. The Hall–Kier alpha value is -0.600. The molecule has 0 aliphatic carbocycles. The second-order valence-electron chi connectivity index (χ2n) is 4.22. The molecule has 1 aliphatic rings. The standard InChI is InChI=1S/C12H16ClNO/c1-9-6-11(8-15-9)12(13)7-10-2-4-14-5-3-10/h2-5,9,11-12H,6-8H2,1H3. The highest BCUT2D eigenvalue weighted by molar-refractivity contribution is 6.20. The van der Waals surface area contributed by atoms with E-state index < -0.39 is 0 Å². The van der Waals surface area contributed by atoms with Crippen LogP contribution in [0.15, 0.2) is 24.5 Å². The Labute approximate surface area is 95.6 Å². The van der Waals surface area contributed by atoms with Crippen molar-refractivity contribution in [3.63, 3.8) is 0 Å². The van der Waals surface area contributed by atoms with Crippen molar-refractivity contribution >= 4 is 11.6 Å². The first-order valence-electron chi connectivity index (χ1n) is 5.40. The number of pyridine rings is 1. The molecule has 2 heterocycles. The lowest BCUT2D eigenvalue weighted by Gasteiger charge is -2.15. The Bertz CT molecular complexity index is 304. The summed E-state index contributed by atoms with van der Waals surface area (Å²) >= 11 is 6.39. The van der Waals surface area contributed by atoms with Gasteiger partial charge in [0.25, 0.3) is 0 Å². The SMILES string of the molecule is CC1CC(C(Cl)Cc2ccncc2)CO1. The molecule has 0 aromatic carbocycles. The van der Waals surface area contributed by atoms with E-state index in [1.807, 2.05) is 24.5 Å². The second-order valence-corrected chi connectivity index (χ2v) is 4.78. The number of hydrogen-bond acceptors (Lipinski definition) is 2. The van der Waals surface area contributed by atoms with Crippen LogP contribution < -0.4 is 0 Å². The average molecular weight is 226 g/mol. The fraction of sp³-hybridized carbons (Fsp3) is 0.583. The average Bonchev–Trinajstić information content (AvgIpc) is 2.66. The molecule has 0 radical (unpaired) electrons. The van der Waals surface area contributed by atoms with Gasteiger partial charge in [-0.2, -0.15) is 0 Å². The van der Waals surface area contributed by atoms with Crippen LogP contribution in [0.5, 0.6) is 0 Å². The number of ether oxygens (including phenoxy) is 1. The number of hydrogen-bond donors (Lipinski definition) is 0. The summed E-state index contributed by atoms with van der Waals surface area (Å²) in [5.74, 6) is 0.495. The zero-order chi connectivity index (χ0) is 10.7. The van der Waals surface area contributed by atoms with Crippen LogP contribution in [0, 0.1) is 5.92 Å². The largest absolute Gasteiger partial charge is 0.378 e. The zero-order valence-electron chi connectivity index (χ0n) is 8.90. The van der Waals surface area contributed by atoms with Crippen LogP contribution in [0.3, 0.4) is 0 Å². The van der Waals surface area contributed by atoms with Crippen LogP contribution in [0.1, 0.15) is 18.9 Å². The Morgan fingerprint density at radius 2 is 2.27 bits per heavy atom. The van der Waals surface area contributed by atoms with Crippen LogP contribution in [-0.2, 0) is 11.2 Å². The van der Waals surface area contributed by atoms with Crippen molar-refractivity contribution in [1.29, 1.82) is 0 Å². The molecule has 1 saturated heterocycles. The quantitative estimate of drug-likeness (QED) is 0.738. The molecule has 3 atom stereocenters. The van der Waals surface area contributed by atoms with Crippen molar-refractivity contribution in [2.24, 2.45) is 5.92 Å². The van der Waals surface area contributed by atoms with Crippen molar-refractivity contribution < 1.29 is 4.74 Å². The molecular formula is C12H16ClNO. The Morgan fingerprint density at radius 3 is 2.87 bits per heavy atom. The van der Waals surface area contributed by atoms with Crippen LogP contribution in [-0.4, -0.2) is 23.1 Å². The predicted octanol–water partition coefficient (Wildman–Crippen LogP) is 2.66. The normalized spacial score (nSPS) is 27.9. The highest BCUT2D eigenvalue weighted by atomic mass is 35.5. The van der Waals surface area contributed by atoms with Crippen molar-refractivity contribution in [3.8, 4) is 0 Å². The summed E-state index contributed by atoms with van der Waals surface area (Å²) in [6.07, 6.45) is 5.98. The van der Waals surface area contributed by atoms with E-state index in [4.69, 9.17) is 16.3 Å². The third kappa shape index (κ3) is 2.93. The van der Waals surface area contributed by atoms with E-state index in [1.54, 1.807) is 0 Å². The summed E-state index contributed by atoms with van der Waals surface area (Å²) < 4.78 is 5.53. The molecule has 0 saturated carbocycles. The predicted molar refractivity (Wildman–Crippen MR) is 61.1 cm³/mol. The van der Waals surface area contributed by atoms with Crippen molar-refractivity contribution in [2.75, 3.05) is 6.61 Å². The van der Waals surface area contributed by atoms with Gasteiger partial charge in [-0.3, -0.25) is 4.98 Å². The minimum absolute atomic E-state index is 0.178. The molecule has 0 amide bonds. The number of alkyl halides is 1. The first-order valence-corrected chi connectivity index (χ1v) is 5.84. The maximum absolute atomic E-state index is 6.39. The van der Waals surface area contributed by atoms with E-state index in [0.29, 0.717) is 12.0 Å². The summed E-state index contributed by atoms with van der Waals surface area (Å²) in [5, 5.41) is 0.178. The van der Waals surface area contributed by atoms with Gasteiger partial charge in [-0.1, -0.05) is 0 Å². The zero-order valence-corrected chi connectivity index (χ0v) is 9.65. The van der Waals surface area contributed by atoms with E-state index in [0.717, 1.165) is 19.4 Å². The third-order valence-corrected chi connectivity index (χ3v) is 3.43. The van der Waals surface area contributed by atoms with E-state index >= 15 is 0 Å². The van der Waals surface area contributed by atoms with Crippen molar-refractivity contribution in [1.82, 2.24) is 4.98 Å². The van der Waals surface area contributed by atoms with Gasteiger partial charge in [-0.25, -0.2) is 0 Å². The van der Waals surface area contributed by atoms with Crippen molar-refractivity contribution in [3.05, 3.63) is 30.1 Å². The van der Waals surface area contributed by atoms with Gasteiger partial charge in [0.1, 0.15) is 0 Å². The van der Waals surface area contributed by atoms with Gasteiger partial charge in [0.15, 0.2) is 0 Å². The van der Waals surface area contributed by atoms with Gasteiger partial charge in [-0.05, 0) is 37.5 Å². The Kier molecular flexibility index (Phi) is 3.60. The maximum atomic E-state index is 6.39. The summed E-state index contributed by atoms with van der Waals surface area (Å²) in [6, 6.07) is 4.04. The molecule has 2 rings (SSSR count). The molecule has 0 bridgehead atoms. The van der Waals surface area contributed by atoms with Crippen molar-refractivity contribution in [2.45, 2.75) is 31.2 Å². The summed E-state index contributed by atoms with van der Waals surface area (Å²) in [5.41, 5.74) is 1.25. The highest BCUT2D eigenvalue weighted by Crippen LogP contribution is 2.27. The van der Waals surface area contributed by atoms with Crippen LogP contribution >= 0.6 is 11.6 Å². The van der Waals surface area contributed by atoms with Crippen LogP contribution in [0.2, 0.25) is 0 Å². The smallest absolute Gasteiger partial charge is 0.0551 e. The number of halogens is 1. The summed E-state index contributed by atoms with van der Waals surface area (Å²) in [6.45, 7) is 2.91. The molecule has 1 aromatic heterocycles. The highest BCUT2D eigenvalue weighted by Gasteiger charge is 2.28. The minimum Gasteiger partial charge on any atom is -0.378 e. The molecule has 82 valence electrons.